The van der Waals surface area contributed by atoms with E-state index in [1.165, 1.54) is 0 Å². The van der Waals surface area contributed by atoms with Crippen molar-refractivity contribution in [3.8, 4) is 0 Å². The molecule has 1 heterocycles. The first kappa shape index (κ1) is 10.1. The number of halogens is 1. The van der Waals surface area contributed by atoms with Gasteiger partial charge in [-0.3, -0.25) is 9.78 Å². The lowest BCUT2D eigenvalue weighted by molar-refractivity contribution is -0.111. The van der Waals surface area contributed by atoms with Crippen molar-refractivity contribution in [2.45, 2.75) is 12.8 Å². The molecule has 0 fully saturated rings. The Labute approximate surface area is 92.9 Å². The highest BCUT2D eigenvalue weighted by molar-refractivity contribution is 6.63. The summed E-state index contributed by atoms with van der Waals surface area (Å²) in [4.78, 5) is 14.9. The maximum Gasteiger partial charge on any atom is 0.221 e. The lowest BCUT2D eigenvalue weighted by atomic mass is 10.1. The zero-order chi connectivity index (χ0) is 10.7. The Morgan fingerprint density at radius 1 is 1.33 bits per heavy atom. The Kier molecular flexibility index (Phi) is 2.97. The van der Waals surface area contributed by atoms with Crippen molar-refractivity contribution in [2.75, 3.05) is 0 Å². The Hall–Kier alpha value is -1.41. The predicted molar refractivity (Wildman–Crippen MR) is 60.9 cm³/mol. The van der Waals surface area contributed by atoms with Gasteiger partial charge < -0.3 is 0 Å². The van der Waals surface area contributed by atoms with Crippen LogP contribution in [0.15, 0.2) is 36.5 Å². The minimum atomic E-state index is -0.290. The average molecular weight is 220 g/mol. The van der Waals surface area contributed by atoms with E-state index in [-0.39, 0.29) is 5.24 Å². The highest BCUT2D eigenvalue weighted by atomic mass is 35.5. The van der Waals surface area contributed by atoms with Crippen LogP contribution in [-0.4, -0.2) is 10.2 Å². The fourth-order valence-corrected chi connectivity index (χ4v) is 1.62. The standard InChI is InChI=1S/C12H10ClNO/c13-12(15)6-4-9-3-5-11-10(8-9)2-1-7-14-11/h1-3,5,7-8H,4,6H2. The number of aromatic nitrogens is 1. The van der Waals surface area contributed by atoms with Crippen LogP contribution in [0, 0.1) is 0 Å². The molecule has 2 rings (SSSR count). The van der Waals surface area contributed by atoms with Gasteiger partial charge >= 0.3 is 0 Å². The van der Waals surface area contributed by atoms with Gasteiger partial charge in [0.2, 0.25) is 5.24 Å². The van der Waals surface area contributed by atoms with Gasteiger partial charge in [-0.2, -0.15) is 0 Å². The molecule has 0 bridgehead atoms. The van der Waals surface area contributed by atoms with Crippen LogP contribution in [0.25, 0.3) is 10.9 Å². The van der Waals surface area contributed by atoms with Crippen molar-refractivity contribution in [3.05, 3.63) is 42.1 Å². The van der Waals surface area contributed by atoms with Crippen molar-refractivity contribution < 1.29 is 4.79 Å². The number of hydrogen-bond acceptors (Lipinski definition) is 2. The first-order valence-electron chi connectivity index (χ1n) is 4.78. The van der Waals surface area contributed by atoms with Gasteiger partial charge in [-0.05, 0) is 41.8 Å². The van der Waals surface area contributed by atoms with Gasteiger partial charge in [-0.15, -0.1) is 0 Å². The van der Waals surface area contributed by atoms with E-state index < -0.39 is 0 Å². The summed E-state index contributed by atoms with van der Waals surface area (Å²) in [5.74, 6) is 0. The van der Waals surface area contributed by atoms with Crippen molar-refractivity contribution in [3.63, 3.8) is 0 Å². The van der Waals surface area contributed by atoms with Crippen molar-refractivity contribution in [2.24, 2.45) is 0 Å². The van der Waals surface area contributed by atoms with Gasteiger partial charge in [-0.25, -0.2) is 0 Å². The molecule has 0 saturated heterocycles. The Morgan fingerprint density at radius 2 is 2.20 bits per heavy atom. The monoisotopic (exact) mass is 219 g/mol. The smallest absolute Gasteiger partial charge is 0.221 e. The minimum Gasteiger partial charge on any atom is -0.281 e. The molecule has 0 N–H and O–H groups in total. The average Bonchev–Trinajstić information content (AvgIpc) is 2.26. The summed E-state index contributed by atoms with van der Waals surface area (Å²) >= 11 is 5.29. The summed E-state index contributed by atoms with van der Waals surface area (Å²) < 4.78 is 0. The van der Waals surface area contributed by atoms with Crippen LogP contribution >= 0.6 is 11.6 Å². The van der Waals surface area contributed by atoms with Gasteiger partial charge in [0, 0.05) is 18.0 Å². The third kappa shape index (κ3) is 2.54. The molecular formula is C12H10ClNO. The molecule has 2 aromatic rings. The Balaban J connectivity index is 2.26. The number of carbonyl (C=O) groups excluding carboxylic acids is 1. The van der Waals surface area contributed by atoms with Gasteiger partial charge in [0.1, 0.15) is 0 Å². The molecule has 0 aliphatic rings. The lowest BCUT2D eigenvalue weighted by Crippen LogP contribution is -1.91. The largest absolute Gasteiger partial charge is 0.281 e. The molecule has 0 saturated carbocycles. The maximum atomic E-state index is 10.6. The molecule has 0 aliphatic carbocycles. The summed E-state index contributed by atoms with van der Waals surface area (Å²) in [5.41, 5.74) is 2.09. The van der Waals surface area contributed by atoms with E-state index in [4.69, 9.17) is 11.6 Å². The van der Waals surface area contributed by atoms with Crippen LogP contribution in [0.2, 0.25) is 0 Å². The van der Waals surface area contributed by atoms with E-state index in [1.54, 1.807) is 6.20 Å². The number of benzene rings is 1. The zero-order valence-electron chi connectivity index (χ0n) is 8.11. The quantitative estimate of drug-likeness (QED) is 0.743. The van der Waals surface area contributed by atoms with Crippen LogP contribution in [-0.2, 0) is 11.2 Å². The van der Waals surface area contributed by atoms with Gasteiger partial charge in [0.05, 0.1) is 5.52 Å². The molecule has 15 heavy (non-hydrogen) atoms. The summed E-state index contributed by atoms with van der Waals surface area (Å²) in [7, 11) is 0. The molecule has 0 unspecified atom stereocenters. The van der Waals surface area contributed by atoms with Crippen molar-refractivity contribution in [1.82, 2.24) is 4.98 Å². The molecule has 0 atom stereocenters. The first-order chi connectivity index (χ1) is 7.25. The van der Waals surface area contributed by atoms with Gasteiger partial charge in [0.15, 0.2) is 0 Å². The number of aryl methyl sites for hydroxylation is 1. The Bertz CT molecular complexity index is 496. The number of rotatable bonds is 3. The predicted octanol–water partition coefficient (Wildman–Crippen LogP) is 2.93. The molecular weight excluding hydrogens is 210 g/mol. The third-order valence-electron chi connectivity index (χ3n) is 2.28. The first-order valence-corrected chi connectivity index (χ1v) is 5.15. The SMILES string of the molecule is O=C(Cl)CCc1ccc2ncccc2c1. The van der Waals surface area contributed by atoms with Crippen LogP contribution in [0.5, 0.6) is 0 Å². The summed E-state index contributed by atoms with van der Waals surface area (Å²) in [6.07, 6.45) is 2.84. The van der Waals surface area contributed by atoms with Gasteiger partial charge in [-0.1, -0.05) is 12.1 Å². The van der Waals surface area contributed by atoms with E-state index in [0.29, 0.717) is 12.8 Å². The summed E-state index contributed by atoms with van der Waals surface area (Å²) in [5, 5.41) is 0.804. The zero-order valence-corrected chi connectivity index (χ0v) is 8.87. The van der Waals surface area contributed by atoms with E-state index in [2.05, 4.69) is 4.98 Å². The molecule has 0 radical (unpaired) electrons. The molecule has 0 spiro atoms. The molecule has 0 amide bonds. The van der Waals surface area contributed by atoms with Crippen LogP contribution < -0.4 is 0 Å². The second-order valence-corrected chi connectivity index (χ2v) is 3.81. The molecule has 1 aromatic carbocycles. The van der Waals surface area contributed by atoms with Crippen molar-refractivity contribution in [1.29, 1.82) is 0 Å². The fourth-order valence-electron chi connectivity index (χ4n) is 1.52. The van der Waals surface area contributed by atoms with Crippen LogP contribution in [0.3, 0.4) is 0 Å². The number of fused-ring (bicyclic) bond motifs is 1. The number of pyridine rings is 1. The Morgan fingerprint density at radius 3 is 3.00 bits per heavy atom. The van der Waals surface area contributed by atoms with E-state index in [1.807, 2.05) is 30.3 Å². The van der Waals surface area contributed by atoms with Gasteiger partial charge in [0.25, 0.3) is 0 Å². The number of nitrogens with zero attached hydrogens (tertiary/aromatic N) is 1. The van der Waals surface area contributed by atoms with E-state index in [0.717, 1.165) is 16.5 Å². The van der Waals surface area contributed by atoms with Crippen LogP contribution in [0.1, 0.15) is 12.0 Å². The summed E-state index contributed by atoms with van der Waals surface area (Å²) in [6.45, 7) is 0. The third-order valence-corrected chi connectivity index (χ3v) is 2.47. The molecule has 3 heteroatoms. The number of carbonyl (C=O) groups is 1. The van der Waals surface area contributed by atoms with Crippen LogP contribution in [0.4, 0.5) is 0 Å². The maximum absolute atomic E-state index is 10.6. The van der Waals surface area contributed by atoms with Crippen molar-refractivity contribution >= 4 is 27.7 Å². The highest BCUT2D eigenvalue weighted by Gasteiger charge is 2.00. The van der Waals surface area contributed by atoms with E-state index in [9.17, 15) is 4.79 Å². The molecule has 76 valence electrons. The minimum absolute atomic E-state index is 0.290. The molecule has 1 aromatic heterocycles. The fraction of sp³-hybridized carbons (Fsp3) is 0.167. The highest BCUT2D eigenvalue weighted by Crippen LogP contribution is 2.14. The topological polar surface area (TPSA) is 30.0 Å². The lowest BCUT2D eigenvalue weighted by Gasteiger charge is -2.01. The molecule has 2 nitrogen and oxygen atoms in total. The summed E-state index contributed by atoms with van der Waals surface area (Å²) in [6, 6.07) is 9.90. The molecule has 0 aliphatic heterocycles. The van der Waals surface area contributed by atoms with E-state index >= 15 is 0 Å². The number of hydrogen-bond donors (Lipinski definition) is 0. The normalized spacial score (nSPS) is 10.5. The second-order valence-electron chi connectivity index (χ2n) is 3.39. The second kappa shape index (κ2) is 4.41.